The molecule has 0 bridgehead atoms. The summed E-state index contributed by atoms with van der Waals surface area (Å²) < 4.78 is 0. The van der Waals surface area contributed by atoms with Gasteiger partial charge < -0.3 is 10.4 Å². The van der Waals surface area contributed by atoms with E-state index in [1.807, 2.05) is 6.07 Å². The Morgan fingerprint density at radius 2 is 2.00 bits per heavy atom. The number of aliphatic hydroxyl groups excluding tert-OH is 1. The van der Waals surface area contributed by atoms with Crippen molar-refractivity contribution in [3.8, 4) is 0 Å². The van der Waals surface area contributed by atoms with Crippen molar-refractivity contribution in [1.82, 2.24) is 5.32 Å². The van der Waals surface area contributed by atoms with E-state index in [0.29, 0.717) is 6.04 Å². The Bertz CT molecular complexity index is 321. The van der Waals surface area contributed by atoms with Crippen LogP contribution in [-0.2, 0) is 6.42 Å². The first-order valence-electron chi connectivity index (χ1n) is 6.74. The summed E-state index contributed by atoms with van der Waals surface area (Å²) in [5.74, 6) is 0.852. The monoisotopic (exact) mass is 233 g/mol. The second kappa shape index (κ2) is 6.18. The molecule has 1 fully saturated rings. The largest absolute Gasteiger partial charge is 0.395 e. The van der Waals surface area contributed by atoms with Gasteiger partial charge >= 0.3 is 0 Å². The van der Waals surface area contributed by atoms with E-state index >= 15 is 0 Å². The van der Waals surface area contributed by atoms with Crippen molar-refractivity contribution in [2.45, 2.75) is 44.7 Å². The quantitative estimate of drug-likeness (QED) is 0.758. The van der Waals surface area contributed by atoms with Crippen LogP contribution in [0.15, 0.2) is 30.3 Å². The number of aliphatic hydroxyl groups is 1. The molecule has 0 radical (unpaired) electrons. The number of hydrogen-bond donors (Lipinski definition) is 2. The summed E-state index contributed by atoms with van der Waals surface area (Å²) >= 11 is 0. The van der Waals surface area contributed by atoms with Crippen LogP contribution < -0.4 is 5.32 Å². The molecule has 0 amide bonds. The van der Waals surface area contributed by atoms with Crippen LogP contribution in [0.5, 0.6) is 0 Å². The molecule has 2 nitrogen and oxygen atoms in total. The van der Waals surface area contributed by atoms with Gasteiger partial charge in [-0.25, -0.2) is 0 Å². The van der Waals surface area contributed by atoms with Crippen molar-refractivity contribution < 1.29 is 5.11 Å². The Morgan fingerprint density at radius 3 is 2.53 bits per heavy atom. The first kappa shape index (κ1) is 12.6. The molecule has 1 saturated carbocycles. The van der Waals surface area contributed by atoms with Crippen molar-refractivity contribution in [2.24, 2.45) is 5.92 Å². The Labute approximate surface area is 104 Å². The lowest BCUT2D eigenvalue weighted by molar-refractivity contribution is 0.223. The third kappa shape index (κ3) is 3.83. The van der Waals surface area contributed by atoms with Gasteiger partial charge in [0.05, 0.1) is 6.61 Å². The van der Waals surface area contributed by atoms with E-state index in [4.69, 9.17) is 0 Å². The minimum Gasteiger partial charge on any atom is -0.395 e. The van der Waals surface area contributed by atoms with E-state index in [1.165, 1.54) is 18.4 Å². The van der Waals surface area contributed by atoms with E-state index in [9.17, 15) is 5.11 Å². The highest BCUT2D eigenvalue weighted by molar-refractivity contribution is 5.16. The third-order valence-corrected chi connectivity index (χ3v) is 3.63. The van der Waals surface area contributed by atoms with Gasteiger partial charge in [-0.15, -0.1) is 0 Å². The highest BCUT2D eigenvalue weighted by atomic mass is 16.3. The molecular formula is C15H23NO. The molecule has 0 aromatic heterocycles. The van der Waals surface area contributed by atoms with Gasteiger partial charge in [0.2, 0.25) is 0 Å². The van der Waals surface area contributed by atoms with Crippen molar-refractivity contribution >= 4 is 0 Å². The summed E-state index contributed by atoms with van der Waals surface area (Å²) in [5.41, 5.74) is 1.30. The van der Waals surface area contributed by atoms with Crippen LogP contribution in [0, 0.1) is 5.92 Å². The van der Waals surface area contributed by atoms with Crippen LogP contribution in [0.3, 0.4) is 0 Å². The zero-order valence-electron chi connectivity index (χ0n) is 10.6. The predicted molar refractivity (Wildman–Crippen MR) is 71.0 cm³/mol. The molecule has 0 spiro atoms. The molecule has 1 aromatic rings. The molecule has 2 N–H and O–H groups in total. The summed E-state index contributed by atoms with van der Waals surface area (Å²) in [6.07, 6.45) is 4.79. The molecule has 2 heteroatoms. The van der Waals surface area contributed by atoms with E-state index < -0.39 is 0 Å². The Hall–Kier alpha value is -0.860. The zero-order valence-corrected chi connectivity index (χ0v) is 10.6. The second-order valence-electron chi connectivity index (χ2n) is 5.09. The van der Waals surface area contributed by atoms with E-state index in [-0.39, 0.29) is 12.6 Å². The van der Waals surface area contributed by atoms with Gasteiger partial charge in [0.25, 0.3) is 0 Å². The molecule has 1 aliphatic carbocycles. The Kier molecular flexibility index (Phi) is 4.57. The first-order valence-corrected chi connectivity index (χ1v) is 6.74. The van der Waals surface area contributed by atoms with Gasteiger partial charge in [0, 0.05) is 12.1 Å². The van der Waals surface area contributed by atoms with Gasteiger partial charge in [-0.3, -0.25) is 0 Å². The van der Waals surface area contributed by atoms with Gasteiger partial charge in [0.1, 0.15) is 0 Å². The van der Waals surface area contributed by atoms with Crippen molar-refractivity contribution in [3.63, 3.8) is 0 Å². The molecule has 1 aromatic carbocycles. The Morgan fingerprint density at radius 1 is 1.29 bits per heavy atom. The first-order chi connectivity index (χ1) is 8.33. The standard InChI is InChI=1S/C15H23NO/c1-2-15(13-8-9-13)16-14(11-17)10-12-6-4-3-5-7-12/h3-7,13-17H,2,8-11H2,1H3. The third-order valence-electron chi connectivity index (χ3n) is 3.63. The van der Waals surface area contributed by atoms with E-state index in [1.54, 1.807) is 0 Å². The van der Waals surface area contributed by atoms with Crippen LogP contribution >= 0.6 is 0 Å². The van der Waals surface area contributed by atoms with Crippen molar-refractivity contribution in [3.05, 3.63) is 35.9 Å². The molecule has 0 heterocycles. The van der Waals surface area contributed by atoms with Crippen LogP contribution in [0.1, 0.15) is 31.7 Å². The molecule has 0 saturated heterocycles. The van der Waals surface area contributed by atoms with Gasteiger partial charge in [-0.1, -0.05) is 37.3 Å². The maximum atomic E-state index is 9.47. The second-order valence-corrected chi connectivity index (χ2v) is 5.09. The molecular weight excluding hydrogens is 210 g/mol. The fourth-order valence-corrected chi connectivity index (χ4v) is 2.46. The van der Waals surface area contributed by atoms with Crippen LogP contribution in [0.2, 0.25) is 0 Å². The molecule has 2 unspecified atom stereocenters. The zero-order chi connectivity index (χ0) is 12.1. The topological polar surface area (TPSA) is 32.3 Å². The number of nitrogens with one attached hydrogen (secondary N) is 1. The average Bonchev–Trinajstić information content (AvgIpc) is 3.20. The highest BCUT2D eigenvalue weighted by Crippen LogP contribution is 2.34. The normalized spacial score (nSPS) is 18.9. The van der Waals surface area contributed by atoms with Gasteiger partial charge in [-0.05, 0) is 37.2 Å². The Balaban J connectivity index is 1.87. The molecule has 17 heavy (non-hydrogen) atoms. The summed E-state index contributed by atoms with van der Waals surface area (Å²) in [6, 6.07) is 11.2. The smallest absolute Gasteiger partial charge is 0.0587 e. The van der Waals surface area contributed by atoms with E-state index in [0.717, 1.165) is 18.8 Å². The van der Waals surface area contributed by atoms with E-state index in [2.05, 4.69) is 36.5 Å². The minimum absolute atomic E-state index is 0.197. The van der Waals surface area contributed by atoms with Crippen molar-refractivity contribution in [2.75, 3.05) is 6.61 Å². The number of benzene rings is 1. The summed E-state index contributed by atoms with van der Waals surface area (Å²) in [7, 11) is 0. The summed E-state index contributed by atoms with van der Waals surface area (Å²) in [6.45, 7) is 2.45. The highest BCUT2D eigenvalue weighted by Gasteiger charge is 2.30. The maximum Gasteiger partial charge on any atom is 0.0587 e. The number of rotatable bonds is 7. The number of hydrogen-bond acceptors (Lipinski definition) is 2. The van der Waals surface area contributed by atoms with Crippen LogP contribution in [0.4, 0.5) is 0 Å². The minimum atomic E-state index is 0.197. The molecule has 0 aliphatic heterocycles. The lowest BCUT2D eigenvalue weighted by atomic mass is 10.0. The summed E-state index contributed by atoms with van der Waals surface area (Å²) in [4.78, 5) is 0. The summed E-state index contributed by atoms with van der Waals surface area (Å²) in [5, 5.41) is 13.1. The molecule has 2 atom stereocenters. The van der Waals surface area contributed by atoms with Crippen LogP contribution in [-0.4, -0.2) is 23.8 Å². The lowest BCUT2D eigenvalue weighted by Crippen LogP contribution is -2.42. The molecule has 94 valence electrons. The molecule has 2 rings (SSSR count). The maximum absolute atomic E-state index is 9.47. The van der Waals surface area contributed by atoms with Crippen LogP contribution in [0.25, 0.3) is 0 Å². The van der Waals surface area contributed by atoms with Crippen molar-refractivity contribution in [1.29, 1.82) is 0 Å². The lowest BCUT2D eigenvalue weighted by Gasteiger charge is -2.23. The fourth-order valence-electron chi connectivity index (χ4n) is 2.46. The molecule has 1 aliphatic rings. The van der Waals surface area contributed by atoms with Gasteiger partial charge in [-0.2, -0.15) is 0 Å². The predicted octanol–water partition coefficient (Wildman–Crippen LogP) is 2.37. The fraction of sp³-hybridized carbons (Fsp3) is 0.600. The SMILES string of the molecule is CCC(NC(CO)Cc1ccccc1)C1CC1. The average molecular weight is 233 g/mol. The van der Waals surface area contributed by atoms with Gasteiger partial charge in [0.15, 0.2) is 0 Å².